The maximum atomic E-state index is 10.9. The molecule has 16 heavy (non-hydrogen) atoms. The molecule has 1 aromatic rings. The van der Waals surface area contributed by atoms with Gasteiger partial charge in [0, 0.05) is 10.0 Å². The van der Waals surface area contributed by atoms with Crippen molar-refractivity contribution < 1.29 is 19.8 Å². The first kappa shape index (κ1) is 12.3. The first-order chi connectivity index (χ1) is 7.50. The van der Waals surface area contributed by atoms with Gasteiger partial charge in [0.1, 0.15) is 6.42 Å². The van der Waals surface area contributed by atoms with E-state index < -0.39 is 11.9 Å². The van der Waals surface area contributed by atoms with Crippen LogP contribution in [0.15, 0.2) is 22.7 Å². The van der Waals surface area contributed by atoms with Crippen LogP contribution < -0.4 is 0 Å². The molecule has 0 atom stereocenters. The van der Waals surface area contributed by atoms with Gasteiger partial charge in [0.2, 0.25) is 0 Å². The van der Waals surface area contributed by atoms with Crippen LogP contribution in [0.4, 0.5) is 0 Å². The fourth-order valence-electron chi connectivity index (χ4n) is 1.02. The highest BCUT2D eigenvalue weighted by molar-refractivity contribution is 9.10. The topological polar surface area (TPSA) is 74.6 Å². The van der Waals surface area contributed by atoms with E-state index in [-0.39, 0.29) is 12.0 Å². The Morgan fingerprint density at radius 1 is 1.31 bits per heavy atom. The summed E-state index contributed by atoms with van der Waals surface area (Å²) in [7, 11) is 0. The van der Waals surface area contributed by atoms with Gasteiger partial charge in [-0.25, -0.2) is 4.79 Å². The monoisotopic (exact) mass is 282 g/mol. The Hall–Kier alpha value is -1.80. The molecule has 0 heterocycles. The van der Waals surface area contributed by atoms with E-state index in [9.17, 15) is 9.59 Å². The summed E-state index contributed by atoms with van der Waals surface area (Å²) in [5.41, 5.74) is 0.351. The molecule has 4 nitrogen and oxygen atoms in total. The highest BCUT2D eigenvalue weighted by atomic mass is 79.9. The molecule has 0 radical (unpaired) electrons. The van der Waals surface area contributed by atoms with Gasteiger partial charge in [0.05, 0.1) is 5.56 Å². The van der Waals surface area contributed by atoms with Crippen LogP contribution in [0.5, 0.6) is 0 Å². The lowest BCUT2D eigenvalue weighted by Gasteiger charge is -1.99. The van der Waals surface area contributed by atoms with Gasteiger partial charge < -0.3 is 10.2 Å². The van der Waals surface area contributed by atoms with E-state index in [2.05, 4.69) is 27.8 Å². The Bertz CT molecular complexity index is 496. The van der Waals surface area contributed by atoms with Crippen molar-refractivity contribution >= 4 is 27.9 Å². The number of hydrogen-bond donors (Lipinski definition) is 2. The van der Waals surface area contributed by atoms with Crippen molar-refractivity contribution in [2.24, 2.45) is 0 Å². The van der Waals surface area contributed by atoms with Crippen LogP contribution in [0.25, 0.3) is 0 Å². The molecular formula is C11H7BrO4. The SMILES string of the molecule is O=C(O)CC#Cc1ccc(Br)cc1C(=O)O. The molecule has 0 saturated heterocycles. The number of hydrogen-bond acceptors (Lipinski definition) is 2. The van der Waals surface area contributed by atoms with Crippen molar-refractivity contribution in [3.05, 3.63) is 33.8 Å². The summed E-state index contributed by atoms with van der Waals surface area (Å²) in [5.74, 6) is 2.77. The van der Waals surface area contributed by atoms with Crippen LogP contribution in [0.2, 0.25) is 0 Å². The highest BCUT2D eigenvalue weighted by Gasteiger charge is 2.08. The number of rotatable bonds is 2. The zero-order valence-corrected chi connectivity index (χ0v) is 9.61. The number of benzene rings is 1. The predicted octanol–water partition coefficient (Wildman–Crippen LogP) is 1.97. The van der Waals surface area contributed by atoms with Crippen LogP contribution in [0.3, 0.4) is 0 Å². The van der Waals surface area contributed by atoms with Gasteiger partial charge >= 0.3 is 11.9 Å². The third kappa shape index (κ3) is 3.41. The highest BCUT2D eigenvalue weighted by Crippen LogP contribution is 2.16. The van der Waals surface area contributed by atoms with E-state index in [1.54, 1.807) is 6.07 Å². The molecule has 0 bridgehead atoms. The molecule has 0 aliphatic heterocycles. The molecule has 0 spiro atoms. The molecular weight excluding hydrogens is 276 g/mol. The van der Waals surface area contributed by atoms with Crippen molar-refractivity contribution in [3.8, 4) is 11.8 Å². The van der Waals surface area contributed by atoms with Gasteiger partial charge in [-0.1, -0.05) is 27.8 Å². The molecule has 2 N–H and O–H groups in total. The predicted molar refractivity (Wildman–Crippen MR) is 60.2 cm³/mol. The first-order valence-electron chi connectivity index (χ1n) is 4.24. The van der Waals surface area contributed by atoms with Crippen LogP contribution in [0.1, 0.15) is 22.3 Å². The van der Waals surface area contributed by atoms with E-state index >= 15 is 0 Å². The van der Waals surface area contributed by atoms with Crippen molar-refractivity contribution in [2.45, 2.75) is 6.42 Å². The van der Waals surface area contributed by atoms with E-state index in [1.807, 2.05) is 0 Å². The van der Waals surface area contributed by atoms with Gasteiger partial charge in [0.15, 0.2) is 0 Å². The van der Waals surface area contributed by atoms with Crippen LogP contribution in [-0.4, -0.2) is 22.2 Å². The van der Waals surface area contributed by atoms with E-state index in [0.717, 1.165) is 0 Å². The van der Waals surface area contributed by atoms with Gasteiger partial charge in [-0.2, -0.15) is 0 Å². The summed E-state index contributed by atoms with van der Waals surface area (Å²) in [6, 6.07) is 4.60. The molecule has 0 aromatic heterocycles. The number of carboxylic acid groups (broad SMARTS) is 2. The lowest BCUT2D eigenvalue weighted by atomic mass is 10.1. The molecule has 0 aliphatic rings. The Kier molecular flexibility index (Phi) is 4.09. The molecule has 0 saturated carbocycles. The summed E-state index contributed by atoms with van der Waals surface area (Å²) in [4.78, 5) is 21.1. The first-order valence-corrected chi connectivity index (χ1v) is 5.03. The molecule has 0 amide bonds. The third-order valence-corrected chi connectivity index (χ3v) is 2.17. The third-order valence-electron chi connectivity index (χ3n) is 1.67. The second kappa shape index (κ2) is 5.33. The van der Waals surface area contributed by atoms with Crippen molar-refractivity contribution in [1.29, 1.82) is 0 Å². The summed E-state index contributed by atoms with van der Waals surface area (Å²) in [6.07, 6.45) is -0.310. The van der Waals surface area contributed by atoms with Gasteiger partial charge in [-0.15, -0.1) is 0 Å². The van der Waals surface area contributed by atoms with Crippen molar-refractivity contribution in [3.63, 3.8) is 0 Å². The average molecular weight is 283 g/mol. The average Bonchev–Trinajstić information content (AvgIpc) is 2.19. The molecule has 0 aliphatic carbocycles. The van der Waals surface area contributed by atoms with Crippen LogP contribution in [-0.2, 0) is 4.79 Å². The van der Waals surface area contributed by atoms with Crippen LogP contribution in [0, 0.1) is 11.8 Å². The van der Waals surface area contributed by atoms with Gasteiger partial charge in [-0.3, -0.25) is 4.79 Å². The Labute approximate surface area is 100 Å². The van der Waals surface area contributed by atoms with Crippen molar-refractivity contribution in [1.82, 2.24) is 0 Å². The smallest absolute Gasteiger partial charge is 0.337 e. The van der Waals surface area contributed by atoms with Gasteiger partial charge in [0.25, 0.3) is 0 Å². The zero-order valence-electron chi connectivity index (χ0n) is 8.03. The quantitative estimate of drug-likeness (QED) is 0.814. The van der Waals surface area contributed by atoms with E-state index in [0.29, 0.717) is 10.0 Å². The molecule has 1 rings (SSSR count). The summed E-state index contributed by atoms with van der Waals surface area (Å²) < 4.78 is 0.633. The number of aliphatic carboxylic acids is 1. The maximum Gasteiger partial charge on any atom is 0.337 e. The number of halogens is 1. The summed E-state index contributed by atoms with van der Waals surface area (Å²) >= 11 is 3.15. The Morgan fingerprint density at radius 3 is 2.56 bits per heavy atom. The number of aromatic carboxylic acids is 1. The summed E-state index contributed by atoms with van der Waals surface area (Å²) in [5, 5.41) is 17.3. The number of carboxylic acids is 2. The molecule has 82 valence electrons. The minimum atomic E-state index is -1.10. The standard InChI is InChI=1S/C11H7BrO4/c12-8-5-4-7(2-1-3-10(13)14)9(6-8)11(15)16/h4-6H,3H2,(H,13,14)(H,15,16). The van der Waals surface area contributed by atoms with Crippen molar-refractivity contribution in [2.75, 3.05) is 0 Å². The van der Waals surface area contributed by atoms with E-state index in [4.69, 9.17) is 10.2 Å². The molecule has 5 heteroatoms. The fourth-order valence-corrected chi connectivity index (χ4v) is 1.38. The van der Waals surface area contributed by atoms with E-state index in [1.165, 1.54) is 12.1 Å². The maximum absolute atomic E-state index is 10.9. The minimum absolute atomic E-state index is 0.0484. The lowest BCUT2D eigenvalue weighted by Crippen LogP contribution is -2.00. The summed E-state index contributed by atoms with van der Waals surface area (Å²) in [6.45, 7) is 0. The largest absolute Gasteiger partial charge is 0.481 e. The van der Waals surface area contributed by atoms with Gasteiger partial charge in [-0.05, 0) is 18.2 Å². The molecule has 0 unspecified atom stereocenters. The fraction of sp³-hybridized carbons (Fsp3) is 0.0909. The minimum Gasteiger partial charge on any atom is -0.481 e. The lowest BCUT2D eigenvalue weighted by molar-refractivity contribution is -0.135. The van der Waals surface area contributed by atoms with Crippen LogP contribution >= 0.6 is 15.9 Å². The second-order valence-electron chi connectivity index (χ2n) is 2.87. The zero-order chi connectivity index (χ0) is 12.1. The Morgan fingerprint density at radius 2 is 2.00 bits per heavy atom. The number of carbonyl (C=O) groups is 2. The molecule has 0 fully saturated rings. The normalized spacial score (nSPS) is 9.06. The second-order valence-corrected chi connectivity index (χ2v) is 3.78. The Balaban J connectivity index is 3.07. The molecule has 1 aromatic carbocycles.